The zero-order valence-electron chi connectivity index (χ0n) is 10.3. The van der Waals surface area contributed by atoms with Crippen LogP contribution in [-0.4, -0.2) is 0 Å². The second-order valence-corrected chi connectivity index (χ2v) is 5.68. The van der Waals surface area contributed by atoms with Crippen LogP contribution in [0.25, 0.3) is 12.2 Å². The smallest absolute Gasteiger partial charge is 0.0493 e. The minimum absolute atomic E-state index is 0.609. The molecule has 0 saturated carbocycles. The molecular formula is C16H10Cl4. The first-order valence-corrected chi connectivity index (χ1v) is 7.33. The van der Waals surface area contributed by atoms with Crippen molar-refractivity contribution in [2.24, 2.45) is 0 Å². The third kappa shape index (κ3) is 4.04. The van der Waals surface area contributed by atoms with Gasteiger partial charge in [0.25, 0.3) is 0 Å². The van der Waals surface area contributed by atoms with Crippen molar-refractivity contribution in [2.75, 3.05) is 0 Å². The lowest BCUT2D eigenvalue weighted by Crippen LogP contribution is -1.76. The van der Waals surface area contributed by atoms with E-state index in [2.05, 4.69) is 0 Å². The van der Waals surface area contributed by atoms with Crippen molar-refractivity contribution < 1.29 is 0 Å². The highest BCUT2D eigenvalue weighted by molar-refractivity contribution is 6.37. The van der Waals surface area contributed by atoms with E-state index in [1.807, 2.05) is 36.4 Å². The Kier molecular flexibility index (Phi) is 5.56. The summed E-state index contributed by atoms with van der Waals surface area (Å²) >= 11 is 24.1. The number of rotatable bonds is 3. The topological polar surface area (TPSA) is 0 Å². The predicted molar refractivity (Wildman–Crippen MR) is 91.0 cm³/mol. The molecule has 0 radical (unpaired) electrons. The molecule has 20 heavy (non-hydrogen) atoms. The molecule has 0 aromatic heterocycles. The fourth-order valence-corrected chi connectivity index (χ4v) is 2.61. The van der Waals surface area contributed by atoms with Gasteiger partial charge in [-0.15, -0.1) is 0 Å². The molecule has 2 aromatic carbocycles. The molecule has 102 valence electrons. The van der Waals surface area contributed by atoms with E-state index < -0.39 is 0 Å². The van der Waals surface area contributed by atoms with Crippen LogP contribution in [0.15, 0.2) is 48.6 Å². The predicted octanol–water partition coefficient (Wildman–Crippen LogP) is 7.03. The van der Waals surface area contributed by atoms with Crippen molar-refractivity contribution in [3.8, 4) is 0 Å². The lowest BCUT2D eigenvalue weighted by molar-refractivity contribution is 1.65. The minimum Gasteiger partial charge on any atom is -0.0843 e. The highest BCUT2D eigenvalue weighted by atomic mass is 35.5. The lowest BCUT2D eigenvalue weighted by Gasteiger charge is -2.00. The first kappa shape index (κ1) is 15.5. The molecule has 0 unspecified atom stereocenters. The number of allylic oxidation sites excluding steroid dienone is 2. The van der Waals surface area contributed by atoms with E-state index in [4.69, 9.17) is 46.4 Å². The van der Waals surface area contributed by atoms with Crippen molar-refractivity contribution in [2.45, 2.75) is 0 Å². The van der Waals surface area contributed by atoms with Gasteiger partial charge in [0.2, 0.25) is 0 Å². The Morgan fingerprint density at radius 3 is 2.00 bits per heavy atom. The van der Waals surface area contributed by atoms with Crippen LogP contribution in [0.4, 0.5) is 0 Å². The molecule has 0 saturated heterocycles. The molecule has 2 aromatic rings. The van der Waals surface area contributed by atoms with Gasteiger partial charge in [0.1, 0.15) is 0 Å². The average Bonchev–Trinajstić information content (AvgIpc) is 2.39. The SMILES string of the molecule is Clc1ccc(C=CC=Cc2c(Cl)cccc2Cl)c(Cl)c1. The molecule has 0 nitrogen and oxygen atoms in total. The molecule has 0 atom stereocenters. The van der Waals surface area contributed by atoms with Gasteiger partial charge in [0.15, 0.2) is 0 Å². The van der Waals surface area contributed by atoms with Gasteiger partial charge in [0, 0.05) is 25.7 Å². The first-order valence-electron chi connectivity index (χ1n) is 5.82. The van der Waals surface area contributed by atoms with Crippen LogP contribution in [0.1, 0.15) is 11.1 Å². The van der Waals surface area contributed by atoms with E-state index >= 15 is 0 Å². The molecule has 2 rings (SSSR count). The molecule has 0 N–H and O–H groups in total. The lowest BCUT2D eigenvalue weighted by atomic mass is 10.2. The van der Waals surface area contributed by atoms with E-state index in [0.717, 1.165) is 11.1 Å². The second-order valence-electron chi connectivity index (χ2n) is 4.02. The standard InChI is InChI=1S/C16H10Cl4/c17-12-9-8-11(16(20)10-12)4-1-2-5-13-14(18)6-3-7-15(13)19/h1-10H. The Hall–Kier alpha value is -0.920. The van der Waals surface area contributed by atoms with E-state index in [-0.39, 0.29) is 0 Å². The maximum atomic E-state index is 6.07. The molecule has 0 aliphatic rings. The number of hydrogen-bond acceptors (Lipinski definition) is 0. The summed E-state index contributed by atoms with van der Waals surface area (Å²) in [6.45, 7) is 0. The Labute approximate surface area is 138 Å². The van der Waals surface area contributed by atoms with Gasteiger partial charge in [-0.1, -0.05) is 82.8 Å². The fourth-order valence-electron chi connectivity index (χ4n) is 1.62. The van der Waals surface area contributed by atoms with Crippen molar-refractivity contribution in [3.05, 3.63) is 79.8 Å². The quantitative estimate of drug-likeness (QED) is 0.525. The molecule has 0 amide bonds. The maximum absolute atomic E-state index is 6.07. The summed E-state index contributed by atoms with van der Waals surface area (Å²) in [6.07, 6.45) is 7.47. The summed E-state index contributed by atoms with van der Waals surface area (Å²) in [6, 6.07) is 10.8. The van der Waals surface area contributed by atoms with Crippen LogP contribution in [0.2, 0.25) is 20.1 Å². The zero-order valence-corrected chi connectivity index (χ0v) is 13.3. The molecule has 0 aliphatic carbocycles. The molecule has 0 spiro atoms. The largest absolute Gasteiger partial charge is 0.0843 e. The van der Waals surface area contributed by atoms with Gasteiger partial charge >= 0.3 is 0 Å². The van der Waals surface area contributed by atoms with Crippen LogP contribution < -0.4 is 0 Å². The summed E-state index contributed by atoms with van der Waals surface area (Å²) in [4.78, 5) is 0. The van der Waals surface area contributed by atoms with Crippen LogP contribution in [0.5, 0.6) is 0 Å². The Balaban J connectivity index is 2.15. The van der Waals surface area contributed by atoms with Crippen LogP contribution in [-0.2, 0) is 0 Å². The number of benzene rings is 2. The number of hydrogen-bond donors (Lipinski definition) is 0. The minimum atomic E-state index is 0.609. The Bertz CT molecular complexity index is 652. The van der Waals surface area contributed by atoms with Gasteiger partial charge < -0.3 is 0 Å². The van der Waals surface area contributed by atoms with Gasteiger partial charge in [0.05, 0.1) is 0 Å². The van der Waals surface area contributed by atoms with Gasteiger partial charge in [-0.05, 0) is 29.8 Å². The highest BCUT2D eigenvalue weighted by Crippen LogP contribution is 2.26. The number of halogens is 4. The van der Waals surface area contributed by atoms with Crippen LogP contribution in [0, 0.1) is 0 Å². The Morgan fingerprint density at radius 1 is 0.700 bits per heavy atom. The third-order valence-corrected chi connectivity index (χ3v) is 3.83. The summed E-state index contributed by atoms with van der Waals surface area (Å²) in [5.41, 5.74) is 1.69. The highest BCUT2D eigenvalue weighted by Gasteiger charge is 2.00. The van der Waals surface area contributed by atoms with E-state index in [1.54, 1.807) is 24.3 Å². The fraction of sp³-hybridized carbons (Fsp3) is 0. The molecular weight excluding hydrogens is 334 g/mol. The first-order chi connectivity index (χ1) is 9.58. The second kappa shape index (κ2) is 7.19. The van der Waals surface area contributed by atoms with Crippen molar-refractivity contribution in [1.82, 2.24) is 0 Å². The maximum Gasteiger partial charge on any atom is 0.0493 e. The molecule has 0 heterocycles. The summed E-state index contributed by atoms with van der Waals surface area (Å²) < 4.78 is 0. The van der Waals surface area contributed by atoms with Crippen molar-refractivity contribution in [3.63, 3.8) is 0 Å². The van der Waals surface area contributed by atoms with E-state index in [0.29, 0.717) is 20.1 Å². The van der Waals surface area contributed by atoms with E-state index in [9.17, 15) is 0 Å². The monoisotopic (exact) mass is 342 g/mol. The van der Waals surface area contributed by atoms with Gasteiger partial charge in [-0.25, -0.2) is 0 Å². The van der Waals surface area contributed by atoms with Gasteiger partial charge in [-0.3, -0.25) is 0 Å². The van der Waals surface area contributed by atoms with E-state index in [1.165, 1.54) is 0 Å². The van der Waals surface area contributed by atoms with Gasteiger partial charge in [-0.2, -0.15) is 0 Å². The third-order valence-electron chi connectivity index (χ3n) is 2.61. The molecule has 4 heteroatoms. The summed E-state index contributed by atoms with van der Waals surface area (Å²) in [5, 5.41) is 2.46. The summed E-state index contributed by atoms with van der Waals surface area (Å²) in [7, 11) is 0. The van der Waals surface area contributed by atoms with Crippen molar-refractivity contribution >= 4 is 58.6 Å². The Morgan fingerprint density at radius 2 is 1.35 bits per heavy atom. The average molecular weight is 344 g/mol. The van der Waals surface area contributed by atoms with Crippen LogP contribution in [0.3, 0.4) is 0 Å². The normalized spacial score (nSPS) is 11.6. The zero-order chi connectivity index (χ0) is 14.5. The van der Waals surface area contributed by atoms with Crippen LogP contribution >= 0.6 is 46.4 Å². The van der Waals surface area contributed by atoms with Crippen molar-refractivity contribution in [1.29, 1.82) is 0 Å². The molecule has 0 bridgehead atoms. The summed E-state index contributed by atoms with van der Waals surface area (Å²) in [5.74, 6) is 0. The molecule has 0 aliphatic heterocycles. The molecule has 0 fully saturated rings.